The van der Waals surface area contributed by atoms with Crippen molar-refractivity contribution in [2.45, 2.75) is 52.3 Å². The second-order valence-corrected chi connectivity index (χ2v) is 8.15. The Morgan fingerprint density at radius 2 is 1.88 bits per heavy atom. The number of ether oxygens (including phenoxy) is 1. The maximum atomic E-state index is 12.9. The molecule has 0 radical (unpaired) electrons. The van der Waals surface area contributed by atoms with Crippen LogP contribution in [0.2, 0.25) is 0 Å². The number of carbonyl (C=O) groups excluding carboxylic acids is 2. The third kappa shape index (κ3) is 8.28. The van der Waals surface area contributed by atoms with Crippen molar-refractivity contribution in [2.75, 3.05) is 13.7 Å². The molecule has 1 aromatic heterocycles. The number of nitrogens with zero attached hydrogens (tertiary/aromatic N) is 2. The van der Waals surface area contributed by atoms with Gasteiger partial charge in [-0.25, -0.2) is 9.80 Å². The van der Waals surface area contributed by atoms with Gasteiger partial charge in [0.15, 0.2) is 0 Å². The van der Waals surface area contributed by atoms with E-state index in [2.05, 4.69) is 20.5 Å². The maximum absolute atomic E-state index is 12.9. The van der Waals surface area contributed by atoms with Gasteiger partial charge in [-0.05, 0) is 36.5 Å². The second kappa shape index (κ2) is 12.8. The Balaban J connectivity index is 2.12. The highest BCUT2D eigenvalue weighted by Crippen LogP contribution is 2.17. The lowest BCUT2D eigenvalue weighted by Crippen LogP contribution is -2.54. The van der Waals surface area contributed by atoms with Crippen molar-refractivity contribution in [1.82, 2.24) is 20.7 Å². The van der Waals surface area contributed by atoms with Crippen LogP contribution in [0.1, 0.15) is 39.2 Å². The molecule has 0 saturated carbocycles. The van der Waals surface area contributed by atoms with Crippen molar-refractivity contribution in [1.29, 1.82) is 0 Å². The largest absolute Gasteiger partial charge is 0.453 e. The third-order valence-corrected chi connectivity index (χ3v) is 4.96. The zero-order valence-electron chi connectivity index (χ0n) is 19.2. The molecule has 8 heteroatoms. The zero-order valence-corrected chi connectivity index (χ0v) is 19.2. The van der Waals surface area contributed by atoms with Crippen LogP contribution in [0, 0.1) is 5.92 Å². The first kappa shape index (κ1) is 25.3. The van der Waals surface area contributed by atoms with Gasteiger partial charge >= 0.3 is 6.09 Å². The predicted octanol–water partition coefficient (Wildman–Crippen LogP) is 3.12. The number of carbonyl (C=O) groups is 2. The van der Waals surface area contributed by atoms with Crippen LogP contribution in [0.15, 0.2) is 48.7 Å². The average Bonchev–Trinajstić information content (AvgIpc) is 2.79. The standard InChI is InChI=1S/C24H34N4O4/c1-5-20(29)16-28(27-23(30)22(14-17(2)3)26-24(31)32-4)15-18-9-11-19(12-10-18)21-8-6-7-13-25-21/h6-13,17,20,22,29H,5,14-16H2,1-4H3,(H,26,31)(H,27,30)/t20-,22?/m1/s1. The molecule has 2 rings (SSSR count). The van der Waals surface area contributed by atoms with Crippen molar-refractivity contribution in [3.63, 3.8) is 0 Å². The SMILES string of the molecule is CC[C@@H](O)CN(Cc1ccc(-c2ccccn2)cc1)NC(=O)C(CC(C)C)NC(=O)OC. The Bertz CT molecular complexity index is 843. The molecule has 8 nitrogen and oxygen atoms in total. The molecule has 2 amide bonds. The number of aliphatic hydroxyl groups is 1. The second-order valence-electron chi connectivity index (χ2n) is 8.15. The first-order valence-corrected chi connectivity index (χ1v) is 10.9. The molecule has 0 spiro atoms. The van der Waals surface area contributed by atoms with E-state index in [-0.39, 0.29) is 18.4 Å². The van der Waals surface area contributed by atoms with E-state index in [9.17, 15) is 14.7 Å². The number of alkyl carbamates (subject to hydrolysis) is 1. The summed E-state index contributed by atoms with van der Waals surface area (Å²) in [6.07, 6.45) is 1.52. The topological polar surface area (TPSA) is 104 Å². The lowest BCUT2D eigenvalue weighted by molar-refractivity contribution is -0.129. The molecule has 1 unspecified atom stereocenters. The minimum absolute atomic E-state index is 0.191. The Morgan fingerprint density at radius 1 is 1.16 bits per heavy atom. The number of hydrazine groups is 1. The number of benzene rings is 1. The van der Waals surface area contributed by atoms with Crippen LogP contribution in [0.3, 0.4) is 0 Å². The molecular formula is C24H34N4O4. The van der Waals surface area contributed by atoms with Crippen LogP contribution in [-0.2, 0) is 16.1 Å². The van der Waals surface area contributed by atoms with E-state index in [1.54, 1.807) is 11.2 Å². The molecule has 0 aliphatic heterocycles. The number of rotatable bonds is 11. The van der Waals surface area contributed by atoms with E-state index in [1.807, 2.05) is 63.2 Å². The molecule has 0 aliphatic carbocycles. The lowest BCUT2D eigenvalue weighted by atomic mass is 10.0. The van der Waals surface area contributed by atoms with Gasteiger partial charge in [0, 0.05) is 24.8 Å². The Hall–Kier alpha value is -2.97. The molecule has 0 fully saturated rings. The van der Waals surface area contributed by atoms with Crippen molar-refractivity contribution < 1.29 is 19.4 Å². The van der Waals surface area contributed by atoms with Gasteiger partial charge in [-0.2, -0.15) is 0 Å². The van der Waals surface area contributed by atoms with Crippen molar-refractivity contribution in [3.8, 4) is 11.3 Å². The number of hydrogen-bond donors (Lipinski definition) is 3. The Labute approximate surface area is 190 Å². The number of nitrogens with one attached hydrogen (secondary N) is 2. The summed E-state index contributed by atoms with van der Waals surface area (Å²) in [4.78, 5) is 29.0. The summed E-state index contributed by atoms with van der Waals surface area (Å²) in [5.41, 5.74) is 5.71. The summed E-state index contributed by atoms with van der Waals surface area (Å²) < 4.78 is 4.65. The normalized spacial score (nSPS) is 13.0. The fourth-order valence-electron chi connectivity index (χ4n) is 3.21. The summed E-state index contributed by atoms with van der Waals surface area (Å²) >= 11 is 0. The number of pyridine rings is 1. The van der Waals surface area contributed by atoms with Gasteiger partial charge in [-0.3, -0.25) is 15.2 Å². The highest BCUT2D eigenvalue weighted by molar-refractivity contribution is 5.85. The van der Waals surface area contributed by atoms with Crippen LogP contribution < -0.4 is 10.7 Å². The van der Waals surface area contributed by atoms with Gasteiger partial charge in [0.25, 0.3) is 5.91 Å². The first-order chi connectivity index (χ1) is 15.3. The van der Waals surface area contributed by atoms with Gasteiger partial charge in [-0.1, -0.05) is 51.1 Å². The number of amides is 2. The quantitative estimate of drug-likeness (QED) is 0.462. The molecule has 0 bridgehead atoms. The smallest absolute Gasteiger partial charge is 0.407 e. The highest BCUT2D eigenvalue weighted by atomic mass is 16.5. The predicted molar refractivity (Wildman–Crippen MR) is 123 cm³/mol. The first-order valence-electron chi connectivity index (χ1n) is 10.9. The van der Waals surface area contributed by atoms with Crippen LogP contribution >= 0.6 is 0 Å². The van der Waals surface area contributed by atoms with Crippen molar-refractivity contribution in [2.24, 2.45) is 5.92 Å². The van der Waals surface area contributed by atoms with Gasteiger partial charge < -0.3 is 15.2 Å². The number of aliphatic hydroxyl groups excluding tert-OH is 1. The number of methoxy groups -OCH3 is 1. The summed E-state index contributed by atoms with van der Waals surface area (Å²) in [6, 6.07) is 12.9. The molecule has 1 aromatic carbocycles. The maximum Gasteiger partial charge on any atom is 0.407 e. The lowest BCUT2D eigenvalue weighted by Gasteiger charge is -2.28. The van der Waals surface area contributed by atoms with E-state index in [4.69, 9.17) is 0 Å². The Morgan fingerprint density at radius 3 is 2.44 bits per heavy atom. The molecular weight excluding hydrogens is 408 g/mol. The molecule has 174 valence electrons. The van der Waals surface area contributed by atoms with E-state index < -0.39 is 18.2 Å². The number of aromatic nitrogens is 1. The minimum Gasteiger partial charge on any atom is -0.453 e. The highest BCUT2D eigenvalue weighted by Gasteiger charge is 2.24. The van der Waals surface area contributed by atoms with Crippen molar-refractivity contribution >= 4 is 12.0 Å². The molecule has 0 aliphatic rings. The Kier molecular flexibility index (Phi) is 10.1. The zero-order chi connectivity index (χ0) is 23.5. The van der Waals surface area contributed by atoms with Crippen LogP contribution in [0.4, 0.5) is 4.79 Å². The monoisotopic (exact) mass is 442 g/mol. The molecule has 0 saturated heterocycles. The fourth-order valence-corrected chi connectivity index (χ4v) is 3.21. The fraction of sp³-hybridized carbons (Fsp3) is 0.458. The van der Waals surface area contributed by atoms with E-state index >= 15 is 0 Å². The van der Waals surface area contributed by atoms with Gasteiger partial charge in [-0.15, -0.1) is 0 Å². The average molecular weight is 443 g/mol. The summed E-state index contributed by atoms with van der Waals surface area (Å²) in [7, 11) is 1.26. The van der Waals surface area contributed by atoms with Gasteiger partial charge in [0.1, 0.15) is 6.04 Å². The number of hydrogen-bond acceptors (Lipinski definition) is 6. The minimum atomic E-state index is -0.741. The van der Waals surface area contributed by atoms with E-state index in [1.165, 1.54) is 7.11 Å². The summed E-state index contributed by atoms with van der Waals surface area (Å²) in [5.74, 6) is -0.158. The molecule has 1 heterocycles. The third-order valence-electron chi connectivity index (χ3n) is 4.96. The van der Waals surface area contributed by atoms with Crippen LogP contribution in [0.5, 0.6) is 0 Å². The van der Waals surface area contributed by atoms with Crippen molar-refractivity contribution in [3.05, 3.63) is 54.2 Å². The van der Waals surface area contributed by atoms with Gasteiger partial charge in [0.05, 0.1) is 18.9 Å². The van der Waals surface area contributed by atoms with Gasteiger partial charge in [0.2, 0.25) is 0 Å². The summed E-state index contributed by atoms with van der Waals surface area (Å²) in [6.45, 7) is 6.49. The molecule has 2 atom stereocenters. The molecule has 2 aromatic rings. The van der Waals surface area contributed by atoms with E-state index in [0.717, 1.165) is 16.8 Å². The summed E-state index contributed by atoms with van der Waals surface area (Å²) in [5, 5.41) is 14.5. The molecule has 3 N–H and O–H groups in total. The van der Waals surface area contributed by atoms with E-state index in [0.29, 0.717) is 19.4 Å². The van der Waals surface area contributed by atoms with Crippen LogP contribution in [0.25, 0.3) is 11.3 Å². The molecule has 32 heavy (non-hydrogen) atoms. The van der Waals surface area contributed by atoms with Crippen LogP contribution in [-0.4, -0.2) is 52.9 Å².